The molecule has 2 unspecified atom stereocenters. The number of amides is 1. The highest BCUT2D eigenvalue weighted by molar-refractivity contribution is 5.81. The normalized spacial score (nSPS) is 12.9. The molecule has 0 saturated heterocycles. The zero-order valence-corrected chi connectivity index (χ0v) is 16.4. The van der Waals surface area contributed by atoms with Gasteiger partial charge in [0, 0.05) is 0 Å². The first kappa shape index (κ1) is 23.5. The van der Waals surface area contributed by atoms with E-state index in [0.717, 1.165) is 51.4 Å². The van der Waals surface area contributed by atoms with E-state index in [9.17, 15) is 9.59 Å². The summed E-state index contributed by atoms with van der Waals surface area (Å²) in [5.74, 6) is -0.0551. The number of carbonyl (C=O) groups excluding carboxylic acids is 2. The Morgan fingerprint density at radius 2 is 1.76 bits per heavy atom. The van der Waals surface area contributed by atoms with Gasteiger partial charge in [-0.3, -0.25) is 0 Å². The Kier molecular flexibility index (Phi) is 15.0. The molecule has 0 aromatic rings. The van der Waals surface area contributed by atoms with Crippen molar-refractivity contribution >= 4 is 12.1 Å². The van der Waals surface area contributed by atoms with Gasteiger partial charge in [0.25, 0.3) is 0 Å². The fraction of sp³-hybridized carbons (Fsp3) is 0.800. The lowest BCUT2D eigenvalue weighted by Gasteiger charge is -2.18. The lowest BCUT2D eigenvalue weighted by atomic mass is 10.0. The maximum Gasteiger partial charge on any atom is 0.407 e. The van der Waals surface area contributed by atoms with E-state index in [1.54, 1.807) is 6.08 Å². The van der Waals surface area contributed by atoms with E-state index in [2.05, 4.69) is 32.7 Å². The van der Waals surface area contributed by atoms with E-state index in [4.69, 9.17) is 9.47 Å². The molecular weight excluding hydrogens is 318 g/mol. The predicted molar refractivity (Wildman–Crippen MR) is 101 cm³/mol. The summed E-state index contributed by atoms with van der Waals surface area (Å²) >= 11 is 0. The van der Waals surface area contributed by atoms with Crippen LogP contribution in [0.1, 0.15) is 78.6 Å². The van der Waals surface area contributed by atoms with Gasteiger partial charge in [0.15, 0.2) is 0 Å². The second-order valence-electron chi connectivity index (χ2n) is 6.46. The van der Waals surface area contributed by atoms with Gasteiger partial charge in [0.05, 0.1) is 13.2 Å². The molecule has 1 amide bonds. The van der Waals surface area contributed by atoms with E-state index in [1.807, 2.05) is 0 Å². The van der Waals surface area contributed by atoms with Crippen LogP contribution in [0.25, 0.3) is 0 Å². The molecule has 0 aliphatic heterocycles. The third-order valence-electron chi connectivity index (χ3n) is 4.21. The number of hydrogen-bond donors (Lipinski definition) is 1. The van der Waals surface area contributed by atoms with Crippen LogP contribution in [0, 0.1) is 5.92 Å². The Bertz CT molecular complexity index is 371. The fourth-order valence-electron chi connectivity index (χ4n) is 2.46. The molecule has 0 bridgehead atoms. The molecule has 0 radical (unpaired) electrons. The molecule has 2 atom stereocenters. The van der Waals surface area contributed by atoms with E-state index < -0.39 is 18.1 Å². The molecule has 0 saturated carbocycles. The molecule has 146 valence electrons. The van der Waals surface area contributed by atoms with Gasteiger partial charge in [-0.25, -0.2) is 9.59 Å². The Balaban J connectivity index is 4.22. The molecule has 0 rings (SSSR count). The summed E-state index contributed by atoms with van der Waals surface area (Å²) in [4.78, 5) is 24.1. The molecule has 0 aliphatic carbocycles. The van der Waals surface area contributed by atoms with Crippen molar-refractivity contribution in [1.82, 2.24) is 5.32 Å². The number of esters is 1. The van der Waals surface area contributed by atoms with Crippen LogP contribution in [0.2, 0.25) is 0 Å². The summed E-state index contributed by atoms with van der Waals surface area (Å²) < 4.78 is 10.5. The van der Waals surface area contributed by atoms with Crippen LogP contribution in [0.5, 0.6) is 0 Å². The standard InChI is InChI=1S/C20H37NO4/c1-5-9-11-12-15-24-19(22)18(13-7-3)21-20(23)25-16-17(8-4)14-10-6-2/h7,17-18H,3,5-6,8-16H2,1-2,4H3,(H,21,23). The molecule has 5 heteroatoms. The van der Waals surface area contributed by atoms with Crippen LogP contribution in [-0.2, 0) is 14.3 Å². The zero-order valence-electron chi connectivity index (χ0n) is 16.4. The van der Waals surface area contributed by atoms with E-state index in [-0.39, 0.29) is 0 Å². The van der Waals surface area contributed by atoms with Crippen molar-refractivity contribution in [2.45, 2.75) is 84.6 Å². The highest BCUT2D eigenvalue weighted by Crippen LogP contribution is 2.13. The van der Waals surface area contributed by atoms with Gasteiger partial charge in [0.1, 0.15) is 6.04 Å². The second-order valence-corrected chi connectivity index (χ2v) is 6.46. The van der Waals surface area contributed by atoms with Crippen molar-refractivity contribution in [1.29, 1.82) is 0 Å². The third-order valence-corrected chi connectivity index (χ3v) is 4.21. The van der Waals surface area contributed by atoms with Crippen molar-refractivity contribution in [3.05, 3.63) is 12.7 Å². The number of hydrogen-bond acceptors (Lipinski definition) is 4. The summed E-state index contributed by atoms with van der Waals surface area (Å²) in [5, 5.41) is 2.60. The summed E-state index contributed by atoms with van der Waals surface area (Å²) in [6.45, 7) is 10.8. The van der Waals surface area contributed by atoms with Crippen LogP contribution >= 0.6 is 0 Å². The van der Waals surface area contributed by atoms with Gasteiger partial charge < -0.3 is 14.8 Å². The number of nitrogens with one attached hydrogen (secondary N) is 1. The Morgan fingerprint density at radius 1 is 1.04 bits per heavy atom. The van der Waals surface area contributed by atoms with E-state index in [1.165, 1.54) is 0 Å². The van der Waals surface area contributed by atoms with Crippen LogP contribution in [-0.4, -0.2) is 31.3 Å². The molecular formula is C20H37NO4. The molecule has 1 N–H and O–H groups in total. The minimum Gasteiger partial charge on any atom is -0.464 e. The smallest absolute Gasteiger partial charge is 0.407 e. The SMILES string of the molecule is C=CCC(NC(=O)OCC(CC)CCCC)C(=O)OCCCCCC. The average Bonchev–Trinajstić information content (AvgIpc) is 2.61. The first-order valence-corrected chi connectivity index (χ1v) is 9.79. The molecule has 5 nitrogen and oxygen atoms in total. The average molecular weight is 356 g/mol. The second kappa shape index (κ2) is 16.0. The third kappa shape index (κ3) is 12.5. The van der Waals surface area contributed by atoms with Crippen molar-refractivity contribution in [2.24, 2.45) is 5.92 Å². The van der Waals surface area contributed by atoms with Crippen LogP contribution in [0.3, 0.4) is 0 Å². The van der Waals surface area contributed by atoms with Gasteiger partial charge in [-0.15, -0.1) is 6.58 Å². The topological polar surface area (TPSA) is 64.6 Å². The van der Waals surface area contributed by atoms with Crippen molar-refractivity contribution in [3.63, 3.8) is 0 Å². The molecule has 0 aromatic carbocycles. The minimum atomic E-state index is -0.730. The summed E-state index contributed by atoms with van der Waals surface area (Å²) in [5.41, 5.74) is 0. The van der Waals surface area contributed by atoms with E-state index in [0.29, 0.717) is 25.6 Å². The Hall–Kier alpha value is -1.52. The van der Waals surface area contributed by atoms with E-state index >= 15 is 0 Å². The van der Waals surface area contributed by atoms with Crippen LogP contribution in [0.15, 0.2) is 12.7 Å². The number of ether oxygens (including phenoxy) is 2. The maximum absolute atomic E-state index is 12.1. The largest absolute Gasteiger partial charge is 0.464 e. The lowest BCUT2D eigenvalue weighted by molar-refractivity contribution is -0.146. The van der Waals surface area contributed by atoms with Gasteiger partial charge in [0.2, 0.25) is 0 Å². The summed E-state index contributed by atoms with van der Waals surface area (Å²) in [6.07, 6.45) is 9.81. The zero-order chi connectivity index (χ0) is 18.9. The van der Waals surface area contributed by atoms with Crippen LogP contribution in [0.4, 0.5) is 4.79 Å². The van der Waals surface area contributed by atoms with Gasteiger partial charge >= 0.3 is 12.1 Å². The first-order chi connectivity index (χ1) is 12.1. The first-order valence-electron chi connectivity index (χ1n) is 9.79. The van der Waals surface area contributed by atoms with Gasteiger partial charge in [-0.05, 0) is 25.2 Å². The summed E-state index contributed by atoms with van der Waals surface area (Å²) in [6, 6.07) is -0.730. The lowest BCUT2D eigenvalue weighted by Crippen LogP contribution is -2.42. The van der Waals surface area contributed by atoms with Crippen LogP contribution < -0.4 is 5.32 Å². The molecule has 0 aromatic heterocycles. The minimum absolute atomic E-state index is 0.329. The number of alkyl carbamates (subject to hydrolysis) is 1. The van der Waals surface area contributed by atoms with Crippen molar-refractivity contribution < 1.29 is 19.1 Å². The quantitative estimate of drug-likeness (QED) is 0.255. The van der Waals surface area contributed by atoms with Gasteiger partial charge in [-0.1, -0.05) is 65.4 Å². The van der Waals surface area contributed by atoms with Crippen molar-refractivity contribution in [2.75, 3.05) is 13.2 Å². The molecule has 0 fully saturated rings. The predicted octanol–water partition coefficient (Wildman–Crippen LogP) is 5.00. The van der Waals surface area contributed by atoms with Crippen molar-refractivity contribution in [3.8, 4) is 0 Å². The Morgan fingerprint density at radius 3 is 2.36 bits per heavy atom. The molecule has 0 aliphatic rings. The number of unbranched alkanes of at least 4 members (excludes halogenated alkanes) is 4. The highest BCUT2D eigenvalue weighted by atomic mass is 16.6. The number of carbonyl (C=O) groups is 2. The highest BCUT2D eigenvalue weighted by Gasteiger charge is 2.22. The fourth-order valence-corrected chi connectivity index (χ4v) is 2.46. The maximum atomic E-state index is 12.1. The molecule has 25 heavy (non-hydrogen) atoms. The monoisotopic (exact) mass is 355 g/mol. The summed E-state index contributed by atoms with van der Waals surface area (Å²) in [7, 11) is 0. The molecule has 0 spiro atoms. The molecule has 0 heterocycles. The van der Waals surface area contributed by atoms with Gasteiger partial charge in [-0.2, -0.15) is 0 Å². The Labute approximate surface area is 153 Å². The number of rotatable bonds is 15.